The zero-order chi connectivity index (χ0) is 17.6. The molecule has 2 amide bonds. The Hall–Kier alpha value is -2.45. The zero-order valence-corrected chi connectivity index (χ0v) is 14.8. The maximum Gasteiger partial charge on any atom is 0.280 e. The lowest BCUT2D eigenvalue weighted by Crippen LogP contribution is -2.40. The highest BCUT2D eigenvalue weighted by atomic mass is 35.5. The molecule has 0 spiro atoms. The standard InChI is InChI=1S/C16H14ClN5O2S/c1-21-7-5-10(16(21)24)19-14(23)15-20-12(13(17)25-15)9-8-18-22-6-3-2-4-11(9)22/h2-4,6,8,10H,5,7H2,1H3,(H,19,23). The molecule has 3 aromatic heterocycles. The quantitative estimate of drug-likeness (QED) is 0.760. The summed E-state index contributed by atoms with van der Waals surface area (Å²) in [5.74, 6) is -0.470. The van der Waals surface area contributed by atoms with Crippen LogP contribution in [0.15, 0.2) is 30.6 Å². The molecule has 0 aliphatic carbocycles. The van der Waals surface area contributed by atoms with Crippen LogP contribution < -0.4 is 5.32 Å². The molecule has 1 fully saturated rings. The summed E-state index contributed by atoms with van der Waals surface area (Å²) in [5.41, 5.74) is 2.14. The van der Waals surface area contributed by atoms with E-state index in [1.165, 1.54) is 0 Å². The lowest BCUT2D eigenvalue weighted by molar-refractivity contribution is -0.128. The monoisotopic (exact) mass is 375 g/mol. The first-order chi connectivity index (χ1) is 12.0. The van der Waals surface area contributed by atoms with E-state index in [-0.39, 0.29) is 16.8 Å². The Balaban J connectivity index is 1.62. The topological polar surface area (TPSA) is 79.6 Å². The summed E-state index contributed by atoms with van der Waals surface area (Å²) in [7, 11) is 1.72. The van der Waals surface area contributed by atoms with E-state index in [0.717, 1.165) is 22.4 Å². The lowest BCUT2D eigenvalue weighted by Gasteiger charge is -2.10. The molecular weight excluding hydrogens is 362 g/mol. The van der Waals surface area contributed by atoms with Crippen LogP contribution in [0.2, 0.25) is 4.34 Å². The van der Waals surface area contributed by atoms with Gasteiger partial charge in [-0.2, -0.15) is 5.10 Å². The molecule has 9 heteroatoms. The van der Waals surface area contributed by atoms with Crippen LogP contribution in [0.25, 0.3) is 16.8 Å². The second kappa shape index (κ2) is 6.12. The number of rotatable bonds is 3. The number of aromatic nitrogens is 3. The average molecular weight is 376 g/mol. The van der Waals surface area contributed by atoms with Crippen LogP contribution in [-0.2, 0) is 4.79 Å². The number of likely N-dealkylation sites (N-methyl/N-ethyl adjacent to an activating group) is 1. The summed E-state index contributed by atoms with van der Waals surface area (Å²) in [6.07, 6.45) is 4.10. The minimum absolute atomic E-state index is 0.0844. The Morgan fingerprint density at radius 1 is 1.44 bits per heavy atom. The summed E-state index contributed by atoms with van der Waals surface area (Å²) < 4.78 is 2.14. The fourth-order valence-electron chi connectivity index (χ4n) is 2.86. The number of nitrogens with zero attached hydrogens (tertiary/aromatic N) is 4. The fourth-order valence-corrected chi connectivity index (χ4v) is 3.93. The number of nitrogens with one attached hydrogen (secondary N) is 1. The van der Waals surface area contributed by atoms with Crippen LogP contribution in [0.5, 0.6) is 0 Å². The van der Waals surface area contributed by atoms with Gasteiger partial charge >= 0.3 is 0 Å². The van der Waals surface area contributed by atoms with Crippen LogP contribution in [0.1, 0.15) is 16.2 Å². The molecule has 0 radical (unpaired) electrons. The van der Waals surface area contributed by atoms with Gasteiger partial charge in [-0.15, -0.1) is 0 Å². The summed E-state index contributed by atoms with van der Waals surface area (Å²) in [4.78, 5) is 30.4. The number of likely N-dealkylation sites (tertiary alicyclic amines) is 1. The van der Waals surface area contributed by atoms with Crippen molar-refractivity contribution in [2.45, 2.75) is 12.5 Å². The Morgan fingerprint density at radius 3 is 3.04 bits per heavy atom. The molecular formula is C16H14ClN5O2S. The summed E-state index contributed by atoms with van der Waals surface area (Å²) in [6.45, 7) is 0.635. The van der Waals surface area contributed by atoms with Crippen molar-refractivity contribution in [3.8, 4) is 11.3 Å². The molecule has 3 aromatic rings. The van der Waals surface area contributed by atoms with Crippen molar-refractivity contribution in [3.05, 3.63) is 39.9 Å². The first-order valence-electron chi connectivity index (χ1n) is 7.69. The average Bonchev–Trinajstić information content (AvgIpc) is 3.28. The number of carbonyl (C=O) groups excluding carboxylic acids is 2. The minimum Gasteiger partial charge on any atom is -0.344 e. The highest BCUT2D eigenvalue weighted by molar-refractivity contribution is 7.18. The number of fused-ring (bicyclic) bond motifs is 1. The molecule has 0 saturated carbocycles. The molecule has 1 saturated heterocycles. The van der Waals surface area contributed by atoms with Gasteiger partial charge in [0.1, 0.15) is 16.1 Å². The lowest BCUT2D eigenvalue weighted by atomic mass is 10.2. The second-order valence-corrected chi connectivity index (χ2v) is 7.41. The van der Waals surface area contributed by atoms with Crippen LogP contribution in [0, 0.1) is 0 Å². The third kappa shape index (κ3) is 2.77. The number of thiazole rings is 1. The maximum atomic E-state index is 12.4. The SMILES string of the molecule is CN1CCC(NC(=O)c2nc(-c3cnn4ccccc34)c(Cl)s2)C1=O. The van der Waals surface area contributed by atoms with Gasteiger partial charge in [-0.05, 0) is 18.6 Å². The predicted molar refractivity (Wildman–Crippen MR) is 94.8 cm³/mol. The Bertz CT molecular complexity index is 982. The Labute approximate surface area is 152 Å². The normalized spacial score (nSPS) is 17.4. The van der Waals surface area contributed by atoms with Crippen molar-refractivity contribution < 1.29 is 9.59 Å². The molecule has 0 aromatic carbocycles. The molecule has 1 N–H and O–H groups in total. The van der Waals surface area contributed by atoms with Gasteiger partial charge in [-0.25, -0.2) is 9.50 Å². The minimum atomic E-state index is -0.499. The molecule has 1 aliphatic rings. The van der Waals surface area contributed by atoms with Gasteiger partial charge in [0.25, 0.3) is 5.91 Å². The van der Waals surface area contributed by atoms with Crippen LogP contribution >= 0.6 is 22.9 Å². The highest BCUT2D eigenvalue weighted by Crippen LogP contribution is 2.34. The summed E-state index contributed by atoms with van der Waals surface area (Å²) in [5, 5.41) is 7.23. The molecule has 0 bridgehead atoms. The summed E-state index contributed by atoms with van der Waals surface area (Å²) >= 11 is 7.41. The van der Waals surface area contributed by atoms with Gasteiger partial charge in [0, 0.05) is 25.4 Å². The number of amides is 2. The molecule has 1 unspecified atom stereocenters. The smallest absolute Gasteiger partial charge is 0.280 e. The van der Waals surface area contributed by atoms with E-state index in [0.29, 0.717) is 23.0 Å². The van der Waals surface area contributed by atoms with Crippen molar-refractivity contribution in [3.63, 3.8) is 0 Å². The molecule has 7 nitrogen and oxygen atoms in total. The van der Waals surface area contributed by atoms with Gasteiger partial charge in [0.2, 0.25) is 5.91 Å². The molecule has 25 heavy (non-hydrogen) atoms. The van der Waals surface area contributed by atoms with Crippen LogP contribution in [-0.4, -0.2) is 50.9 Å². The third-order valence-electron chi connectivity index (χ3n) is 4.19. The van der Waals surface area contributed by atoms with E-state index >= 15 is 0 Å². The van der Waals surface area contributed by atoms with Crippen molar-refractivity contribution >= 4 is 40.3 Å². The van der Waals surface area contributed by atoms with E-state index in [1.807, 2.05) is 24.4 Å². The van der Waals surface area contributed by atoms with Crippen LogP contribution in [0.3, 0.4) is 0 Å². The fraction of sp³-hybridized carbons (Fsp3) is 0.250. The zero-order valence-electron chi connectivity index (χ0n) is 13.3. The number of halogens is 1. The first-order valence-corrected chi connectivity index (χ1v) is 8.89. The van der Waals surface area contributed by atoms with Crippen molar-refractivity contribution in [2.24, 2.45) is 0 Å². The number of carbonyl (C=O) groups is 2. The van der Waals surface area contributed by atoms with E-state index in [1.54, 1.807) is 22.7 Å². The van der Waals surface area contributed by atoms with Gasteiger partial charge in [0.05, 0.1) is 11.7 Å². The predicted octanol–water partition coefficient (Wildman–Crippen LogP) is 2.07. The van der Waals surface area contributed by atoms with Crippen LogP contribution in [0.4, 0.5) is 0 Å². The number of hydrogen-bond acceptors (Lipinski definition) is 5. The molecule has 128 valence electrons. The Kier molecular flexibility index (Phi) is 3.93. The van der Waals surface area contributed by atoms with E-state index in [9.17, 15) is 9.59 Å². The largest absolute Gasteiger partial charge is 0.344 e. The van der Waals surface area contributed by atoms with Crippen molar-refractivity contribution in [1.82, 2.24) is 24.8 Å². The van der Waals surface area contributed by atoms with Crippen molar-refractivity contribution in [2.75, 3.05) is 13.6 Å². The van der Waals surface area contributed by atoms with Gasteiger partial charge in [-0.3, -0.25) is 9.59 Å². The van der Waals surface area contributed by atoms with E-state index in [2.05, 4.69) is 15.4 Å². The molecule has 4 heterocycles. The highest BCUT2D eigenvalue weighted by Gasteiger charge is 2.31. The van der Waals surface area contributed by atoms with Gasteiger partial charge < -0.3 is 10.2 Å². The van der Waals surface area contributed by atoms with Gasteiger partial charge in [0.15, 0.2) is 5.01 Å². The maximum absolute atomic E-state index is 12.4. The number of hydrogen-bond donors (Lipinski definition) is 1. The Morgan fingerprint density at radius 2 is 2.28 bits per heavy atom. The van der Waals surface area contributed by atoms with E-state index < -0.39 is 6.04 Å². The molecule has 4 rings (SSSR count). The second-order valence-electron chi connectivity index (χ2n) is 5.80. The molecule has 1 atom stereocenters. The molecule has 1 aliphatic heterocycles. The first kappa shape index (κ1) is 16.0. The van der Waals surface area contributed by atoms with E-state index in [4.69, 9.17) is 11.6 Å². The van der Waals surface area contributed by atoms with Gasteiger partial charge in [-0.1, -0.05) is 29.0 Å². The third-order valence-corrected chi connectivity index (χ3v) is 5.45. The summed E-state index contributed by atoms with van der Waals surface area (Å²) in [6, 6.07) is 5.18. The number of pyridine rings is 1. The van der Waals surface area contributed by atoms with Crippen molar-refractivity contribution in [1.29, 1.82) is 0 Å².